The number of aromatic nitrogens is 2. The summed E-state index contributed by atoms with van der Waals surface area (Å²) in [6.07, 6.45) is 0. The van der Waals surface area contributed by atoms with Gasteiger partial charge in [0.25, 0.3) is 11.9 Å². The summed E-state index contributed by atoms with van der Waals surface area (Å²) in [6, 6.07) is 2.62. The molecule has 24 heavy (non-hydrogen) atoms. The topological polar surface area (TPSA) is 17.3 Å². The fourth-order valence-corrected chi connectivity index (χ4v) is 2.75. The molecule has 4 aromatic rings. The second-order valence-electron chi connectivity index (χ2n) is 5.02. The summed E-state index contributed by atoms with van der Waals surface area (Å²) in [5.74, 6) is -12.4. The Morgan fingerprint density at radius 2 is 1.42 bits per heavy atom. The largest absolute Gasteiger partial charge is 0.269 e. The monoisotopic (exact) mass is 344 g/mol. The molecule has 0 radical (unpaired) electrons. The zero-order valence-corrected chi connectivity index (χ0v) is 11.3. The van der Waals surface area contributed by atoms with Crippen LogP contribution in [0.25, 0.3) is 27.3 Å². The zero-order valence-electron chi connectivity index (χ0n) is 11.3. The average Bonchev–Trinajstić information content (AvgIpc) is 2.85. The van der Waals surface area contributed by atoms with Gasteiger partial charge in [0, 0.05) is 16.2 Å². The first-order chi connectivity index (χ1) is 11.3. The van der Waals surface area contributed by atoms with E-state index >= 15 is 0 Å². The Hall–Kier alpha value is -2.84. The van der Waals surface area contributed by atoms with E-state index in [2.05, 4.69) is 4.98 Å². The van der Waals surface area contributed by atoms with Gasteiger partial charge in [0.15, 0.2) is 28.9 Å². The van der Waals surface area contributed by atoms with Gasteiger partial charge in [-0.25, -0.2) is 22.0 Å². The van der Waals surface area contributed by atoms with Crippen molar-refractivity contribution in [1.29, 1.82) is 0 Å². The van der Waals surface area contributed by atoms with E-state index in [-0.39, 0.29) is 9.79 Å². The van der Waals surface area contributed by atoms with Gasteiger partial charge in [-0.3, -0.25) is 4.40 Å². The lowest BCUT2D eigenvalue weighted by Gasteiger charge is -2.11. The fraction of sp³-hybridized carbons (Fsp3) is 0. The number of rotatable bonds is 0. The maximum absolute atomic E-state index is 14.2. The van der Waals surface area contributed by atoms with Crippen molar-refractivity contribution in [2.45, 2.75) is 0 Å². The first-order valence-electron chi connectivity index (χ1n) is 6.43. The second kappa shape index (κ2) is 4.59. The van der Waals surface area contributed by atoms with Crippen LogP contribution < -0.4 is 0 Å². The average molecular weight is 344 g/mol. The van der Waals surface area contributed by atoms with Crippen molar-refractivity contribution >= 4 is 27.3 Å². The van der Waals surface area contributed by atoms with Crippen molar-refractivity contribution < 1.29 is 30.7 Å². The molecule has 0 unspecified atom stereocenters. The maximum atomic E-state index is 14.2. The summed E-state index contributed by atoms with van der Waals surface area (Å²) in [7, 11) is 0. The number of hydrogen-bond acceptors (Lipinski definition) is 1. The number of imidazole rings is 1. The number of hydrogen-bond donors (Lipinski definition) is 0. The molecule has 0 saturated carbocycles. The Morgan fingerprint density at radius 1 is 0.750 bits per heavy atom. The van der Waals surface area contributed by atoms with Crippen LogP contribution in [0, 0.1) is 41.0 Å². The van der Waals surface area contributed by atoms with Crippen LogP contribution >= 0.6 is 0 Å². The first-order valence-corrected chi connectivity index (χ1v) is 6.43. The molecule has 122 valence electrons. The summed E-state index contributed by atoms with van der Waals surface area (Å²) in [5, 5.41) is -1.50. The molecule has 0 bridgehead atoms. The van der Waals surface area contributed by atoms with Crippen molar-refractivity contribution in [2.75, 3.05) is 0 Å². The summed E-state index contributed by atoms with van der Waals surface area (Å²) < 4.78 is 96.7. The van der Waals surface area contributed by atoms with Gasteiger partial charge in [-0.15, -0.1) is 0 Å². The Kier molecular flexibility index (Phi) is 2.82. The predicted molar refractivity (Wildman–Crippen MR) is 69.9 cm³/mol. The molecule has 2 nitrogen and oxygen atoms in total. The molecule has 2 aromatic heterocycles. The standard InChI is InChI=1S/C15H3F7N2/c16-4-1-2-5-6(3-4)7-8(17)9(18)10(19)11(20)12(7)24-14(22)13(21)23-15(5)24/h1-3H. The summed E-state index contributed by atoms with van der Waals surface area (Å²) in [6.45, 7) is 0. The van der Waals surface area contributed by atoms with Gasteiger partial charge in [0.2, 0.25) is 0 Å². The minimum Gasteiger partial charge on any atom is -0.262 e. The van der Waals surface area contributed by atoms with Crippen molar-refractivity contribution in [2.24, 2.45) is 0 Å². The molecule has 2 aromatic carbocycles. The molecule has 0 saturated heterocycles. The summed E-state index contributed by atoms with van der Waals surface area (Å²) in [4.78, 5) is 3.24. The van der Waals surface area contributed by atoms with Gasteiger partial charge in [0.1, 0.15) is 5.82 Å². The van der Waals surface area contributed by atoms with E-state index in [9.17, 15) is 30.7 Å². The quantitative estimate of drug-likeness (QED) is 0.197. The van der Waals surface area contributed by atoms with E-state index < -0.39 is 62.9 Å². The maximum Gasteiger partial charge on any atom is 0.269 e. The normalized spacial score (nSPS) is 12.0. The number of nitrogens with zero attached hydrogens (tertiary/aromatic N) is 2. The highest BCUT2D eigenvalue weighted by Gasteiger charge is 2.28. The Balaban J connectivity index is 2.51. The van der Waals surface area contributed by atoms with Crippen LogP contribution in [-0.4, -0.2) is 9.38 Å². The Labute approximate surface area is 127 Å². The van der Waals surface area contributed by atoms with Crippen molar-refractivity contribution in [3.05, 3.63) is 59.2 Å². The molecule has 0 atom stereocenters. The van der Waals surface area contributed by atoms with E-state index in [0.29, 0.717) is 6.07 Å². The highest BCUT2D eigenvalue weighted by molar-refractivity contribution is 6.12. The van der Waals surface area contributed by atoms with Crippen LogP contribution in [0.4, 0.5) is 30.7 Å². The summed E-state index contributed by atoms with van der Waals surface area (Å²) in [5.41, 5.74) is -1.65. The Morgan fingerprint density at radius 3 is 2.12 bits per heavy atom. The van der Waals surface area contributed by atoms with Crippen molar-refractivity contribution in [3.63, 3.8) is 0 Å². The zero-order chi connectivity index (χ0) is 17.3. The third-order valence-electron chi connectivity index (χ3n) is 3.74. The molecule has 0 spiro atoms. The minimum atomic E-state index is -2.20. The molecular weight excluding hydrogens is 341 g/mol. The van der Waals surface area contributed by atoms with Gasteiger partial charge in [0.05, 0.1) is 5.52 Å². The molecular formula is C15H3F7N2. The van der Waals surface area contributed by atoms with Crippen LogP contribution in [0.15, 0.2) is 18.2 Å². The number of benzene rings is 2. The van der Waals surface area contributed by atoms with Crippen LogP contribution in [-0.2, 0) is 0 Å². The fourth-order valence-electron chi connectivity index (χ4n) is 2.75. The van der Waals surface area contributed by atoms with Crippen molar-refractivity contribution in [3.8, 4) is 0 Å². The van der Waals surface area contributed by atoms with Gasteiger partial charge >= 0.3 is 0 Å². The molecule has 0 aliphatic carbocycles. The highest BCUT2D eigenvalue weighted by Crippen LogP contribution is 2.36. The van der Waals surface area contributed by atoms with Crippen molar-refractivity contribution in [1.82, 2.24) is 9.38 Å². The second-order valence-corrected chi connectivity index (χ2v) is 5.02. The van der Waals surface area contributed by atoms with Crippen LogP contribution in [0.2, 0.25) is 0 Å². The third-order valence-corrected chi connectivity index (χ3v) is 3.74. The lowest BCUT2D eigenvalue weighted by molar-refractivity contribution is 0.415. The molecule has 9 heteroatoms. The van der Waals surface area contributed by atoms with Crippen LogP contribution in [0.5, 0.6) is 0 Å². The third kappa shape index (κ3) is 1.64. The van der Waals surface area contributed by atoms with E-state index in [1.807, 2.05) is 0 Å². The minimum absolute atomic E-state index is 0.170. The molecule has 0 N–H and O–H groups in total. The number of halogens is 7. The predicted octanol–water partition coefficient (Wildman–Crippen LogP) is 4.61. The SMILES string of the molecule is Fc1ccc2c(c1)c1c(F)c(F)c(F)c(F)c1n1c(F)c(F)nc21. The summed E-state index contributed by atoms with van der Waals surface area (Å²) >= 11 is 0. The van der Waals surface area contributed by atoms with E-state index in [1.165, 1.54) is 0 Å². The van der Waals surface area contributed by atoms with E-state index in [0.717, 1.165) is 12.1 Å². The Bertz CT molecular complexity index is 1180. The smallest absolute Gasteiger partial charge is 0.262 e. The van der Waals surface area contributed by atoms with Gasteiger partial charge in [-0.1, -0.05) is 0 Å². The van der Waals surface area contributed by atoms with Gasteiger partial charge in [-0.05, 0) is 18.2 Å². The molecule has 0 amide bonds. The number of pyridine rings is 1. The van der Waals surface area contributed by atoms with Gasteiger partial charge < -0.3 is 0 Å². The molecule has 0 fully saturated rings. The van der Waals surface area contributed by atoms with E-state index in [4.69, 9.17) is 0 Å². The van der Waals surface area contributed by atoms with E-state index in [1.54, 1.807) is 0 Å². The molecule has 4 rings (SSSR count). The van der Waals surface area contributed by atoms with Crippen LogP contribution in [0.1, 0.15) is 0 Å². The lowest BCUT2D eigenvalue weighted by atomic mass is 10.0. The molecule has 2 heterocycles. The lowest BCUT2D eigenvalue weighted by Crippen LogP contribution is -2.05. The van der Waals surface area contributed by atoms with Crippen LogP contribution in [0.3, 0.4) is 0 Å². The first kappa shape index (κ1) is 14.7. The highest BCUT2D eigenvalue weighted by atomic mass is 19.2. The van der Waals surface area contributed by atoms with Gasteiger partial charge in [-0.2, -0.15) is 13.8 Å². The molecule has 0 aliphatic rings. The molecule has 0 aliphatic heterocycles. The number of fused-ring (bicyclic) bond motifs is 6.